The summed E-state index contributed by atoms with van der Waals surface area (Å²) >= 11 is 0. The number of β-amino-alcohol motifs (C(OH)–C–C–N with tert-alkyl or cyclic N) is 1. The predicted molar refractivity (Wildman–Crippen MR) is 75.9 cm³/mol. The average molecular weight is 255 g/mol. The van der Waals surface area contributed by atoms with Crippen molar-refractivity contribution in [3.8, 4) is 0 Å². The predicted octanol–water partition coefficient (Wildman–Crippen LogP) is 1.64. The van der Waals surface area contributed by atoms with Gasteiger partial charge in [0.25, 0.3) is 0 Å². The number of fused-ring (bicyclic) bond motifs is 3. The van der Waals surface area contributed by atoms with Gasteiger partial charge in [-0.15, -0.1) is 0 Å². The second kappa shape index (κ2) is 3.78. The highest BCUT2D eigenvalue weighted by Gasteiger charge is 2.31. The summed E-state index contributed by atoms with van der Waals surface area (Å²) in [6.07, 6.45) is 6.50. The van der Waals surface area contributed by atoms with Crippen LogP contribution in [0.3, 0.4) is 0 Å². The highest BCUT2D eigenvalue weighted by atomic mass is 16.3. The molecule has 98 valence electrons. The molecule has 0 amide bonds. The summed E-state index contributed by atoms with van der Waals surface area (Å²) in [5.41, 5.74) is 4.89. The summed E-state index contributed by atoms with van der Waals surface area (Å²) in [4.78, 5) is 4.45. The van der Waals surface area contributed by atoms with Crippen molar-refractivity contribution in [1.82, 2.24) is 4.90 Å². The Hall–Kier alpha value is -1.94. The second-order valence-electron chi connectivity index (χ2n) is 5.48. The van der Waals surface area contributed by atoms with E-state index < -0.39 is 0 Å². The van der Waals surface area contributed by atoms with Gasteiger partial charge in [0.1, 0.15) is 6.17 Å². The number of hydrogen-bond donors (Lipinski definition) is 2. The van der Waals surface area contributed by atoms with Crippen molar-refractivity contribution in [1.29, 1.82) is 0 Å². The Balaban J connectivity index is 1.62. The Kier molecular flexibility index (Phi) is 2.17. The van der Waals surface area contributed by atoms with E-state index in [9.17, 15) is 5.11 Å². The fourth-order valence-corrected chi connectivity index (χ4v) is 2.90. The number of aryl methyl sites for hydroxylation is 1. The molecule has 4 heteroatoms. The Morgan fingerprint density at radius 1 is 1.32 bits per heavy atom. The number of aliphatic hydroxyl groups is 1. The third-order valence-electron chi connectivity index (χ3n) is 4.00. The molecule has 0 saturated carbocycles. The Labute approximate surface area is 112 Å². The lowest BCUT2D eigenvalue weighted by molar-refractivity contribution is 0.0268. The molecule has 0 aromatic heterocycles. The van der Waals surface area contributed by atoms with E-state index in [0.29, 0.717) is 0 Å². The molecule has 1 saturated heterocycles. The van der Waals surface area contributed by atoms with E-state index in [1.54, 1.807) is 0 Å². The van der Waals surface area contributed by atoms with Crippen molar-refractivity contribution < 1.29 is 5.11 Å². The van der Waals surface area contributed by atoms with Crippen molar-refractivity contribution in [2.24, 2.45) is 0 Å². The van der Waals surface area contributed by atoms with Gasteiger partial charge < -0.3 is 20.2 Å². The first-order valence-electron chi connectivity index (χ1n) is 6.69. The number of likely N-dealkylation sites (tertiary alicyclic amines) is 1. The van der Waals surface area contributed by atoms with E-state index in [1.807, 2.05) is 0 Å². The highest BCUT2D eigenvalue weighted by Crippen LogP contribution is 2.38. The van der Waals surface area contributed by atoms with Crippen LogP contribution in [0.4, 0.5) is 11.4 Å². The van der Waals surface area contributed by atoms with E-state index in [0.717, 1.165) is 13.1 Å². The Bertz CT molecular complexity index is 587. The van der Waals surface area contributed by atoms with E-state index in [2.05, 4.69) is 58.6 Å². The Morgan fingerprint density at radius 3 is 2.95 bits per heavy atom. The van der Waals surface area contributed by atoms with Gasteiger partial charge in [-0.1, -0.05) is 6.07 Å². The third-order valence-corrected chi connectivity index (χ3v) is 4.00. The molecule has 3 aliphatic heterocycles. The zero-order valence-corrected chi connectivity index (χ0v) is 10.9. The maximum atomic E-state index is 9.39. The van der Waals surface area contributed by atoms with E-state index in [1.165, 1.54) is 22.6 Å². The molecule has 4 rings (SSSR count). The summed E-state index contributed by atoms with van der Waals surface area (Å²) in [6, 6.07) is 6.47. The fraction of sp³-hybridized carbons (Fsp3) is 0.333. The molecule has 1 aromatic rings. The molecule has 1 unspecified atom stereocenters. The summed E-state index contributed by atoms with van der Waals surface area (Å²) in [5, 5.41) is 12.9. The summed E-state index contributed by atoms with van der Waals surface area (Å²) in [6.45, 7) is 3.61. The molecule has 4 nitrogen and oxygen atoms in total. The first kappa shape index (κ1) is 10.9. The monoisotopic (exact) mass is 255 g/mol. The number of nitrogens with one attached hydrogen (secondary N) is 1. The molecule has 1 fully saturated rings. The number of benzene rings is 1. The first-order valence-corrected chi connectivity index (χ1v) is 6.69. The molecule has 3 heterocycles. The Morgan fingerprint density at radius 2 is 2.16 bits per heavy atom. The minimum absolute atomic E-state index is 0.163. The van der Waals surface area contributed by atoms with Crippen LogP contribution < -0.4 is 10.2 Å². The van der Waals surface area contributed by atoms with Gasteiger partial charge in [-0.05, 0) is 36.8 Å². The van der Waals surface area contributed by atoms with Gasteiger partial charge in [0, 0.05) is 25.0 Å². The number of rotatable bonds is 1. The molecular weight excluding hydrogens is 238 g/mol. The molecule has 1 atom stereocenters. The summed E-state index contributed by atoms with van der Waals surface area (Å²) in [5.74, 6) is 0. The lowest BCUT2D eigenvalue weighted by Crippen LogP contribution is -2.50. The molecule has 0 bridgehead atoms. The molecule has 0 spiro atoms. The topological polar surface area (TPSA) is 38.7 Å². The number of aliphatic hydroxyl groups excluding tert-OH is 1. The van der Waals surface area contributed by atoms with Crippen LogP contribution in [-0.2, 0) is 0 Å². The normalized spacial score (nSPS) is 24.5. The van der Waals surface area contributed by atoms with Crippen LogP contribution in [0.1, 0.15) is 5.56 Å². The van der Waals surface area contributed by atoms with Gasteiger partial charge in [0.15, 0.2) is 0 Å². The van der Waals surface area contributed by atoms with Crippen LogP contribution in [0.25, 0.3) is 0 Å². The van der Waals surface area contributed by atoms with Crippen LogP contribution in [-0.4, -0.2) is 35.4 Å². The maximum absolute atomic E-state index is 9.39. The fourth-order valence-electron chi connectivity index (χ4n) is 2.90. The minimum Gasteiger partial charge on any atom is -0.389 e. The maximum Gasteiger partial charge on any atom is 0.125 e. The molecule has 2 N–H and O–H groups in total. The van der Waals surface area contributed by atoms with Crippen molar-refractivity contribution in [2.45, 2.75) is 19.2 Å². The molecule has 19 heavy (non-hydrogen) atoms. The summed E-state index contributed by atoms with van der Waals surface area (Å²) in [7, 11) is 0. The summed E-state index contributed by atoms with van der Waals surface area (Å²) < 4.78 is 0. The van der Waals surface area contributed by atoms with Gasteiger partial charge >= 0.3 is 0 Å². The van der Waals surface area contributed by atoms with Crippen molar-refractivity contribution in [3.05, 3.63) is 47.8 Å². The van der Waals surface area contributed by atoms with Gasteiger partial charge in [0.05, 0.1) is 17.5 Å². The lowest BCUT2D eigenvalue weighted by Gasteiger charge is -2.40. The first-order chi connectivity index (χ1) is 9.20. The quantitative estimate of drug-likeness (QED) is 0.800. The number of allylic oxidation sites excluding steroid dienone is 1. The van der Waals surface area contributed by atoms with Crippen LogP contribution in [0.2, 0.25) is 0 Å². The molecule has 0 aliphatic carbocycles. The van der Waals surface area contributed by atoms with Crippen molar-refractivity contribution in [3.63, 3.8) is 0 Å². The minimum atomic E-state index is -0.163. The highest BCUT2D eigenvalue weighted by molar-refractivity contribution is 5.79. The van der Waals surface area contributed by atoms with Gasteiger partial charge in [-0.2, -0.15) is 0 Å². The van der Waals surface area contributed by atoms with Crippen LogP contribution in [0, 0.1) is 6.92 Å². The molecule has 3 aliphatic rings. The SMILES string of the molecule is Cc1ccc2c(c1)N1C=CC(N3CC(O)C3)=CC1N2. The van der Waals surface area contributed by atoms with Gasteiger partial charge in [0.2, 0.25) is 0 Å². The van der Waals surface area contributed by atoms with Crippen LogP contribution in [0.15, 0.2) is 42.2 Å². The largest absolute Gasteiger partial charge is 0.389 e. The van der Waals surface area contributed by atoms with E-state index in [4.69, 9.17) is 0 Å². The van der Waals surface area contributed by atoms with Gasteiger partial charge in [-0.3, -0.25) is 0 Å². The van der Waals surface area contributed by atoms with E-state index in [-0.39, 0.29) is 12.3 Å². The van der Waals surface area contributed by atoms with Crippen molar-refractivity contribution >= 4 is 11.4 Å². The lowest BCUT2D eigenvalue weighted by atomic mass is 10.1. The number of anilines is 2. The van der Waals surface area contributed by atoms with Gasteiger partial charge in [-0.25, -0.2) is 0 Å². The number of nitrogens with zero attached hydrogens (tertiary/aromatic N) is 2. The second-order valence-corrected chi connectivity index (χ2v) is 5.48. The van der Waals surface area contributed by atoms with Crippen LogP contribution >= 0.6 is 0 Å². The molecule has 0 radical (unpaired) electrons. The molecule has 1 aromatic carbocycles. The van der Waals surface area contributed by atoms with Crippen LogP contribution in [0.5, 0.6) is 0 Å². The van der Waals surface area contributed by atoms with Crippen molar-refractivity contribution in [2.75, 3.05) is 23.3 Å². The zero-order valence-electron chi connectivity index (χ0n) is 10.9. The average Bonchev–Trinajstić information content (AvgIpc) is 2.72. The zero-order chi connectivity index (χ0) is 13.0. The van der Waals surface area contributed by atoms with E-state index >= 15 is 0 Å². The molecular formula is C15H17N3O. The third kappa shape index (κ3) is 1.64. The standard InChI is InChI=1S/C15H17N3O/c1-10-2-3-13-14(6-10)18-5-4-11(7-15(18)16-13)17-8-12(19)9-17/h2-7,12,15-16,19H,8-9H2,1H3. The smallest absolute Gasteiger partial charge is 0.125 e. The number of hydrogen-bond acceptors (Lipinski definition) is 4.